The molecule has 1 fully saturated rings. The number of rotatable bonds is 6. The number of anilines is 2. The second kappa shape index (κ2) is 8.84. The Hall–Kier alpha value is -2.63. The molecule has 1 aromatic heterocycles. The molecule has 2 N–H and O–H groups in total. The third-order valence-corrected chi connectivity index (χ3v) is 4.86. The van der Waals surface area contributed by atoms with E-state index in [-0.39, 0.29) is 5.91 Å². The molecule has 27 heavy (non-hydrogen) atoms. The smallest absolute Gasteiger partial charge is 0.251 e. The first-order chi connectivity index (χ1) is 13.0. The number of nitrogens with zero attached hydrogens (tertiary/aromatic N) is 3. The summed E-state index contributed by atoms with van der Waals surface area (Å²) < 4.78 is 0. The summed E-state index contributed by atoms with van der Waals surface area (Å²) in [6, 6.07) is 7.93. The van der Waals surface area contributed by atoms with Crippen LogP contribution >= 0.6 is 0 Å². The van der Waals surface area contributed by atoms with Crippen LogP contribution in [0, 0.1) is 20.8 Å². The minimum absolute atomic E-state index is 0.0362. The van der Waals surface area contributed by atoms with Crippen molar-refractivity contribution in [2.45, 2.75) is 40.0 Å². The molecule has 1 aliphatic heterocycles. The van der Waals surface area contributed by atoms with Gasteiger partial charge in [-0.2, -0.15) is 0 Å². The Morgan fingerprint density at radius 3 is 2.59 bits per heavy atom. The molecule has 3 rings (SSSR count). The molecule has 1 aliphatic rings. The van der Waals surface area contributed by atoms with Crippen LogP contribution in [0.15, 0.2) is 24.3 Å². The number of aryl methyl sites for hydroxylation is 3. The third-order valence-electron chi connectivity index (χ3n) is 4.86. The maximum Gasteiger partial charge on any atom is 0.251 e. The molecule has 0 radical (unpaired) electrons. The lowest BCUT2D eigenvalue weighted by Crippen LogP contribution is -2.31. The molecule has 2 aromatic rings. The van der Waals surface area contributed by atoms with Gasteiger partial charge in [-0.15, -0.1) is 0 Å². The molecule has 0 atom stereocenters. The highest BCUT2D eigenvalue weighted by Crippen LogP contribution is 2.20. The summed E-state index contributed by atoms with van der Waals surface area (Å²) in [6.45, 7) is 9.14. The van der Waals surface area contributed by atoms with Crippen molar-refractivity contribution >= 4 is 17.5 Å². The molecule has 2 heterocycles. The first-order valence-corrected chi connectivity index (χ1v) is 9.73. The Balaban J connectivity index is 1.53. The molecule has 0 spiro atoms. The fourth-order valence-electron chi connectivity index (χ4n) is 3.37. The Morgan fingerprint density at radius 2 is 1.81 bits per heavy atom. The number of hydrogen-bond donors (Lipinski definition) is 2. The van der Waals surface area contributed by atoms with Gasteiger partial charge in [0.1, 0.15) is 17.5 Å². The average molecular weight is 367 g/mol. The standard InChI is InChI=1S/C21H29N5O/c1-15-7-8-16(2)18(13-15)21(27)23-10-9-22-19-14-20(25-17(3)24-19)26-11-5-4-6-12-26/h7-8,13-14H,4-6,9-12H2,1-3H3,(H,23,27)(H,22,24,25). The van der Waals surface area contributed by atoms with Gasteiger partial charge in [0.15, 0.2) is 0 Å². The van der Waals surface area contributed by atoms with Crippen LogP contribution in [0.3, 0.4) is 0 Å². The molecule has 0 aliphatic carbocycles. The van der Waals surface area contributed by atoms with Crippen LogP contribution in [0.2, 0.25) is 0 Å². The summed E-state index contributed by atoms with van der Waals surface area (Å²) in [4.78, 5) is 23.7. The number of aromatic nitrogens is 2. The van der Waals surface area contributed by atoms with E-state index < -0.39 is 0 Å². The fraction of sp³-hybridized carbons (Fsp3) is 0.476. The van der Waals surface area contributed by atoms with Gasteiger partial charge in [-0.25, -0.2) is 9.97 Å². The molecular weight excluding hydrogens is 338 g/mol. The molecule has 1 amide bonds. The van der Waals surface area contributed by atoms with E-state index in [4.69, 9.17) is 0 Å². The Morgan fingerprint density at radius 1 is 1.04 bits per heavy atom. The number of piperidine rings is 1. The number of hydrogen-bond acceptors (Lipinski definition) is 5. The summed E-state index contributed by atoms with van der Waals surface area (Å²) >= 11 is 0. The Bertz CT molecular complexity index is 799. The summed E-state index contributed by atoms with van der Waals surface area (Å²) in [5.74, 6) is 2.53. The number of carbonyl (C=O) groups is 1. The van der Waals surface area contributed by atoms with Crippen LogP contribution in [-0.4, -0.2) is 42.1 Å². The lowest BCUT2D eigenvalue weighted by molar-refractivity contribution is 0.0954. The lowest BCUT2D eigenvalue weighted by Gasteiger charge is -2.28. The molecular formula is C21H29N5O. The predicted octanol–water partition coefficient (Wildman–Crippen LogP) is 3.23. The second-order valence-corrected chi connectivity index (χ2v) is 7.21. The quantitative estimate of drug-likeness (QED) is 0.767. The van der Waals surface area contributed by atoms with E-state index in [2.05, 4.69) is 25.5 Å². The highest BCUT2D eigenvalue weighted by molar-refractivity contribution is 5.95. The van der Waals surface area contributed by atoms with Crippen molar-refractivity contribution in [3.8, 4) is 0 Å². The van der Waals surface area contributed by atoms with Gasteiger partial charge >= 0.3 is 0 Å². The molecule has 0 unspecified atom stereocenters. The summed E-state index contributed by atoms with van der Waals surface area (Å²) in [6.07, 6.45) is 3.73. The zero-order valence-electron chi connectivity index (χ0n) is 16.5. The van der Waals surface area contributed by atoms with Gasteiger partial charge in [-0.3, -0.25) is 4.79 Å². The monoisotopic (exact) mass is 367 g/mol. The van der Waals surface area contributed by atoms with Crippen molar-refractivity contribution in [1.29, 1.82) is 0 Å². The largest absolute Gasteiger partial charge is 0.368 e. The topological polar surface area (TPSA) is 70.2 Å². The van der Waals surface area contributed by atoms with E-state index in [1.165, 1.54) is 19.3 Å². The van der Waals surface area contributed by atoms with E-state index in [9.17, 15) is 4.79 Å². The third kappa shape index (κ3) is 5.18. The van der Waals surface area contributed by atoms with E-state index in [1.807, 2.05) is 45.0 Å². The van der Waals surface area contributed by atoms with Crippen LogP contribution < -0.4 is 15.5 Å². The van der Waals surface area contributed by atoms with E-state index in [0.29, 0.717) is 13.1 Å². The van der Waals surface area contributed by atoms with Gasteiger partial charge in [-0.1, -0.05) is 17.7 Å². The summed E-state index contributed by atoms with van der Waals surface area (Å²) in [5.41, 5.74) is 2.81. The molecule has 6 heteroatoms. The maximum atomic E-state index is 12.4. The van der Waals surface area contributed by atoms with Gasteiger partial charge in [0.2, 0.25) is 0 Å². The van der Waals surface area contributed by atoms with Crippen molar-refractivity contribution in [2.75, 3.05) is 36.4 Å². The molecule has 1 saturated heterocycles. The first kappa shape index (κ1) is 19.1. The van der Waals surface area contributed by atoms with Gasteiger partial charge in [0, 0.05) is 37.8 Å². The van der Waals surface area contributed by atoms with E-state index in [0.717, 1.165) is 47.2 Å². The van der Waals surface area contributed by atoms with Gasteiger partial charge in [0.25, 0.3) is 5.91 Å². The van der Waals surface area contributed by atoms with Gasteiger partial charge in [0.05, 0.1) is 0 Å². The van der Waals surface area contributed by atoms with Crippen molar-refractivity contribution in [2.24, 2.45) is 0 Å². The maximum absolute atomic E-state index is 12.4. The van der Waals surface area contributed by atoms with E-state index >= 15 is 0 Å². The molecule has 1 aromatic carbocycles. The van der Waals surface area contributed by atoms with Crippen LogP contribution in [0.4, 0.5) is 11.6 Å². The highest BCUT2D eigenvalue weighted by Gasteiger charge is 2.14. The minimum atomic E-state index is -0.0362. The van der Waals surface area contributed by atoms with E-state index in [1.54, 1.807) is 0 Å². The zero-order chi connectivity index (χ0) is 19.2. The number of carbonyl (C=O) groups excluding carboxylic acids is 1. The summed E-state index contributed by atoms with van der Waals surface area (Å²) in [5, 5.41) is 6.28. The average Bonchev–Trinajstić information content (AvgIpc) is 2.67. The van der Waals surface area contributed by atoms with Crippen LogP contribution in [-0.2, 0) is 0 Å². The number of amides is 1. The SMILES string of the molecule is Cc1ccc(C)c(C(=O)NCCNc2cc(N3CCCCC3)nc(C)n2)c1. The van der Waals surface area contributed by atoms with Crippen molar-refractivity contribution in [3.05, 3.63) is 46.8 Å². The number of benzene rings is 1. The van der Waals surface area contributed by atoms with Crippen LogP contribution in [0.1, 0.15) is 46.6 Å². The summed E-state index contributed by atoms with van der Waals surface area (Å²) in [7, 11) is 0. The minimum Gasteiger partial charge on any atom is -0.368 e. The van der Waals surface area contributed by atoms with Gasteiger partial charge < -0.3 is 15.5 Å². The van der Waals surface area contributed by atoms with Crippen LogP contribution in [0.5, 0.6) is 0 Å². The predicted molar refractivity (Wildman–Crippen MR) is 110 cm³/mol. The molecule has 144 valence electrons. The Kier molecular flexibility index (Phi) is 6.27. The van der Waals surface area contributed by atoms with Gasteiger partial charge in [-0.05, 0) is 51.7 Å². The Labute approximate surface area is 161 Å². The highest BCUT2D eigenvalue weighted by atomic mass is 16.1. The van der Waals surface area contributed by atoms with Crippen molar-refractivity contribution in [1.82, 2.24) is 15.3 Å². The fourth-order valence-corrected chi connectivity index (χ4v) is 3.37. The first-order valence-electron chi connectivity index (χ1n) is 9.73. The van der Waals surface area contributed by atoms with Crippen LogP contribution in [0.25, 0.3) is 0 Å². The van der Waals surface area contributed by atoms with Crippen molar-refractivity contribution < 1.29 is 4.79 Å². The lowest BCUT2D eigenvalue weighted by atomic mass is 10.1. The second-order valence-electron chi connectivity index (χ2n) is 7.21. The normalized spacial score (nSPS) is 14.1. The molecule has 6 nitrogen and oxygen atoms in total. The number of nitrogens with one attached hydrogen (secondary N) is 2. The molecule has 0 bridgehead atoms. The van der Waals surface area contributed by atoms with Crippen molar-refractivity contribution in [3.63, 3.8) is 0 Å². The zero-order valence-corrected chi connectivity index (χ0v) is 16.5. The molecule has 0 saturated carbocycles.